The maximum atomic E-state index is 13.4. The van der Waals surface area contributed by atoms with Crippen LogP contribution in [0.4, 0.5) is 38.0 Å². The van der Waals surface area contributed by atoms with Crippen LogP contribution in [0.3, 0.4) is 0 Å². The minimum Gasteiger partial charge on any atom is -0.444 e. The van der Waals surface area contributed by atoms with Crippen molar-refractivity contribution in [3.05, 3.63) is 96.7 Å². The van der Waals surface area contributed by atoms with Gasteiger partial charge >= 0.3 is 6.09 Å². The van der Waals surface area contributed by atoms with Crippen LogP contribution in [-0.2, 0) is 23.2 Å². The Labute approximate surface area is 230 Å². The van der Waals surface area contributed by atoms with Crippen molar-refractivity contribution in [3.8, 4) is 0 Å². The van der Waals surface area contributed by atoms with Gasteiger partial charge in [0, 0.05) is 43.8 Å². The average Bonchev–Trinajstić information content (AvgIpc) is 3.33. The number of ether oxygens (including phenoxy) is 1. The molecule has 2 heterocycles. The summed E-state index contributed by atoms with van der Waals surface area (Å²) in [4.78, 5) is 37.8. The predicted octanol–water partition coefficient (Wildman–Crippen LogP) is 4.62. The van der Waals surface area contributed by atoms with E-state index in [0.717, 1.165) is 0 Å². The standard InChI is InChI=1S/C28H29FN8O3/c1-35(2)15-5-8-26(38)32-22-6-4-7-24(16-22)37(28(39)40-19-20-9-11-21(29)12-10-20)25-13-14-30-27(34-25)33-23-17-31-36(3)18-23/h4-14,16-18H,15,19H2,1-3H3,(H,32,38)(H,30,33,34)/b8-5+. The lowest BCUT2D eigenvalue weighted by atomic mass is 10.2. The first kappa shape index (κ1) is 27.9. The van der Waals surface area contributed by atoms with E-state index in [9.17, 15) is 14.0 Å². The van der Waals surface area contributed by atoms with Crippen molar-refractivity contribution in [2.75, 3.05) is 36.2 Å². The molecule has 11 nitrogen and oxygen atoms in total. The number of benzene rings is 2. The number of aromatic nitrogens is 4. The highest BCUT2D eigenvalue weighted by atomic mass is 19.1. The summed E-state index contributed by atoms with van der Waals surface area (Å²) in [5, 5.41) is 9.96. The fourth-order valence-corrected chi connectivity index (χ4v) is 3.55. The first-order chi connectivity index (χ1) is 19.3. The molecule has 40 heavy (non-hydrogen) atoms. The summed E-state index contributed by atoms with van der Waals surface area (Å²) in [7, 11) is 5.59. The Balaban J connectivity index is 1.60. The van der Waals surface area contributed by atoms with Crippen molar-refractivity contribution in [1.29, 1.82) is 0 Å². The van der Waals surface area contributed by atoms with Gasteiger partial charge in [0.1, 0.15) is 18.2 Å². The van der Waals surface area contributed by atoms with E-state index < -0.39 is 6.09 Å². The Hall–Kier alpha value is -5.10. The van der Waals surface area contributed by atoms with E-state index in [1.54, 1.807) is 60.5 Å². The van der Waals surface area contributed by atoms with E-state index in [-0.39, 0.29) is 30.1 Å². The Morgan fingerprint density at radius 3 is 2.62 bits per heavy atom. The second-order valence-electron chi connectivity index (χ2n) is 8.99. The van der Waals surface area contributed by atoms with E-state index in [1.807, 2.05) is 19.0 Å². The highest BCUT2D eigenvalue weighted by molar-refractivity contribution is 6.01. The van der Waals surface area contributed by atoms with E-state index in [0.29, 0.717) is 29.2 Å². The van der Waals surface area contributed by atoms with Crippen molar-refractivity contribution in [2.45, 2.75) is 6.61 Å². The van der Waals surface area contributed by atoms with Gasteiger partial charge in [0.05, 0.1) is 17.6 Å². The first-order valence-electron chi connectivity index (χ1n) is 12.3. The number of nitrogens with one attached hydrogen (secondary N) is 2. The highest BCUT2D eigenvalue weighted by Gasteiger charge is 2.22. The lowest BCUT2D eigenvalue weighted by molar-refractivity contribution is -0.111. The number of carbonyl (C=O) groups excluding carboxylic acids is 2. The number of aryl methyl sites for hydroxylation is 1. The summed E-state index contributed by atoms with van der Waals surface area (Å²) in [5.41, 5.74) is 2.14. The van der Waals surface area contributed by atoms with Crippen molar-refractivity contribution in [3.63, 3.8) is 0 Å². The molecule has 0 bridgehead atoms. The predicted molar refractivity (Wildman–Crippen MR) is 150 cm³/mol. The van der Waals surface area contributed by atoms with Gasteiger partial charge in [-0.05, 0) is 50.0 Å². The highest BCUT2D eigenvalue weighted by Crippen LogP contribution is 2.28. The van der Waals surface area contributed by atoms with E-state index >= 15 is 0 Å². The van der Waals surface area contributed by atoms with Gasteiger partial charge in [0.2, 0.25) is 11.9 Å². The van der Waals surface area contributed by atoms with E-state index in [1.165, 1.54) is 41.4 Å². The molecule has 0 spiro atoms. The zero-order valence-electron chi connectivity index (χ0n) is 22.3. The van der Waals surface area contributed by atoms with Gasteiger partial charge in [-0.3, -0.25) is 9.48 Å². The number of amides is 2. The molecule has 0 fully saturated rings. The summed E-state index contributed by atoms with van der Waals surface area (Å²) in [6.45, 7) is 0.527. The number of nitrogens with zero attached hydrogens (tertiary/aromatic N) is 6. The van der Waals surface area contributed by atoms with Gasteiger partial charge in [0.25, 0.3) is 0 Å². The average molecular weight is 545 g/mol. The van der Waals surface area contributed by atoms with E-state index in [4.69, 9.17) is 4.74 Å². The fraction of sp³-hybridized carbons (Fsp3) is 0.179. The second-order valence-corrected chi connectivity index (χ2v) is 8.99. The van der Waals surface area contributed by atoms with Crippen LogP contribution in [0.2, 0.25) is 0 Å². The number of anilines is 5. The van der Waals surface area contributed by atoms with E-state index in [2.05, 4.69) is 25.7 Å². The topological polar surface area (TPSA) is 118 Å². The zero-order chi connectivity index (χ0) is 28.5. The molecule has 0 aliphatic rings. The summed E-state index contributed by atoms with van der Waals surface area (Å²) >= 11 is 0. The number of hydrogen-bond acceptors (Lipinski definition) is 8. The van der Waals surface area contributed by atoms with Gasteiger partial charge in [-0.15, -0.1) is 0 Å². The van der Waals surface area contributed by atoms with Gasteiger partial charge in [-0.25, -0.2) is 19.1 Å². The number of halogens is 1. The van der Waals surface area contributed by atoms with Gasteiger partial charge in [-0.1, -0.05) is 24.3 Å². The molecule has 0 radical (unpaired) electrons. The monoisotopic (exact) mass is 544 g/mol. The van der Waals surface area contributed by atoms with Crippen molar-refractivity contribution >= 4 is 40.8 Å². The smallest absolute Gasteiger partial charge is 0.420 e. The molecule has 0 unspecified atom stereocenters. The maximum Gasteiger partial charge on any atom is 0.420 e. The Morgan fingerprint density at radius 2 is 1.90 bits per heavy atom. The quantitative estimate of drug-likeness (QED) is 0.278. The van der Waals surface area contributed by atoms with Crippen molar-refractivity contribution in [2.24, 2.45) is 7.05 Å². The SMILES string of the molecule is CN(C)C/C=C/C(=O)Nc1cccc(N(C(=O)OCc2ccc(F)cc2)c2ccnc(Nc3cnn(C)c3)n2)c1. The Bertz CT molecular complexity index is 1490. The molecule has 0 saturated carbocycles. The molecule has 0 saturated heterocycles. The van der Waals surface area contributed by atoms with Gasteiger partial charge < -0.3 is 20.3 Å². The molecule has 2 N–H and O–H groups in total. The zero-order valence-corrected chi connectivity index (χ0v) is 22.3. The minimum absolute atomic E-state index is 0.0887. The Morgan fingerprint density at radius 1 is 1.10 bits per heavy atom. The molecule has 2 amide bonds. The molecule has 2 aromatic heterocycles. The summed E-state index contributed by atoms with van der Waals surface area (Å²) < 4.78 is 20.5. The largest absolute Gasteiger partial charge is 0.444 e. The normalized spacial score (nSPS) is 11.0. The van der Waals surface area contributed by atoms with Gasteiger partial charge in [-0.2, -0.15) is 10.1 Å². The lowest BCUT2D eigenvalue weighted by Gasteiger charge is -2.22. The van der Waals surface area contributed by atoms with Crippen LogP contribution in [0.15, 0.2) is 85.3 Å². The van der Waals surface area contributed by atoms with Crippen LogP contribution in [0, 0.1) is 5.82 Å². The molecule has 4 rings (SSSR count). The van der Waals surface area contributed by atoms with Crippen LogP contribution in [0.5, 0.6) is 0 Å². The molecule has 4 aromatic rings. The number of hydrogen-bond donors (Lipinski definition) is 2. The van der Waals surface area contributed by atoms with Crippen LogP contribution in [0.1, 0.15) is 5.56 Å². The fourth-order valence-electron chi connectivity index (χ4n) is 3.55. The summed E-state index contributed by atoms with van der Waals surface area (Å²) in [6, 6.07) is 13.9. The third-order valence-corrected chi connectivity index (χ3v) is 5.40. The van der Waals surface area contributed by atoms with Crippen molar-refractivity contribution in [1.82, 2.24) is 24.6 Å². The third kappa shape index (κ3) is 7.95. The van der Waals surface area contributed by atoms with Crippen LogP contribution >= 0.6 is 0 Å². The third-order valence-electron chi connectivity index (χ3n) is 5.40. The molecule has 0 aliphatic carbocycles. The first-order valence-corrected chi connectivity index (χ1v) is 12.3. The number of likely N-dealkylation sites (N-methyl/N-ethyl adjacent to an activating group) is 1. The molecular formula is C28H29FN8O3. The number of rotatable bonds is 10. The lowest BCUT2D eigenvalue weighted by Crippen LogP contribution is -2.28. The Kier molecular flexibility index (Phi) is 9.15. The molecule has 2 aromatic carbocycles. The maximum absolute atomic E-state index is 13.4. The molecule has 12 heteroatoms. The molecular weight excluding hydrogens is 515 g/mol. The summed E-state index contributed by atoms with van der Waals surface area (Å²) in [6.07, 6.45) is 7.33. The second kappa shape index (κ2) is 13.1. The molecule has 206 valence electrons. The molecule has 0 aliphatic heterocycles. The van der Waals surface area contributed by atoms with Crippen molar-refractivity contribution < 1.29 is 18.7 Å². The van der Waals surface area contributed by atoms with Crippen LogP contribution in [0.25, 0.3) is 0 Å². The molecule has 0 atom stereocenters. The van der Waals surface area contributed by atoms with Gasteiger partial charge in [0.15, 0.2) is 0 Å². The minimum atomic E-state index is -0.732. The van der Waals surface area contributed by atoms with Crippen LogP contribution < -0.4 is 15.5 Å². The van der Waals surface area contributed by atoms with Crippen LogP contribution in [-0.4, -0.2) is 57.3 Å². The summed E-state index contributed by atoms with van der Waals surface area (Å²) in [5.74, 6) is -0.242. The number of carbonyl (C=O) groups is 2.